The van der Waals surface area contributed by atoms with Gasteiger partial charge in [0.15, 0.2) is 0 Å². The van der Waals surface area contributed by atoms with Crippen molar-refractivity contribution in [1.29, 1.82) is 0 Å². The molecule has 4 heteroatoms. The van der Waals surface area contributed by atoms with E-state index in [1.54, 1.807) is 12.1 Å². The smallest absolute Gasteiger partial charge is 0.235 e. The normalized spacial score (nSPS) is 16.9. The molecule has 2 rings (SSSR count). The Morgan fingerprint density at radius 2 is 2.27 bits per heavy atom. The molecule has 0 unspecified atom stereocenters. The van der Waals surface area contributed by atoms with Crippen LogP contribution in [0.4, 0.5) is 4.39 Å². The van der Waals surface area contributed by atoms with Crippen LogP contribution in [0.15, 0.2) is 23.2 Å². The van der Waals surface area contributed by atoms with E-state index >= 15 is 0 Å². The molecule has 0 aromatic heterocycles. The monoisotopic (exact) mass is 207 g/mol. The highest BCUT2D eigenvalue weighted by Crippen LogP contribution is 2.49. The van der Waals surface area contributed by atoms with Crippen LogP contribution in [0.25, 0.3) is 0 Å². The Balaban J connectivity index is 2.41. The maximum absolute atomic E-state index is 13.1. The van der Waals surface area contributed by atoms with Crippen molar-refractivity contribution in [2.45, 2.75) is 25.0 Å². The Morgan fingerprint density at radius 1 is 1.53 bits per heavy atom. The van der Waals surface area contributed by atoms with E-state index in [-0.39, 0.29) is 12.2 Å². The molecular formula is C11H10FNO2. The first-order valence-electron chi connectivity index (χ1n) is 4.71. The summed E-state index contributed by atoms with van der Waals surface area (Å²) in [6, 6.07) is 4.45. The van der Waals surface area contributed by atoms with Crippen LogP contribution in [0.5, 0.6) is 0 Å². The van der Waals surface area contributed by atoms with Crippen LogP contribution in [-0.2, 0) is 16.9 Å². The van der Waals surface area contributed by atoms with E-state index in [4.69, 9.17) is 5.11 Å². The van der Waals surface area contributed by atoms with Gasteiger partial charge in [-0.3, -0.25) is 0 Å². The summed E-state index contributed by atoms with van der Waals surface area (Å²) in [6.07, 6.45) is 3.09. The molecule has 1 aromatic carbocycles. The highest BCUT2D eigenvalue weighted by Gasteiger charge is 2.44. The number of hydrogen-bond donors (Lipinski definition) is 1. The van der Waals surface area contributed by atoms with E-state index in [9.17, 15) is 9.18 Å². The number of aliphatic hydroxyl groups is 1. The summed E-state index contributed by atoms with van der Waals surface area (Å²) in [5, 5.41) is 8.91. The standard InChI is InChI=1S/C11H10FNO2/c12-10-2-1-9(5-8(10)6-14)11(3-4-11)13-7-15/h1-2,5,14H,3-4,6H2. The quantitative estimate of drug-likeness (QED) is 0.605. The van der Waals surface area contributed by atoms with E-state index in [0.717, 1.165) is 18.4 Å². The third kappa shape index (κ3) is 1.69. The molecule has 0 aliphatic heterocycles. The van der Waals surface area contributed by atoms with Gasteiger partial charge < -0.3 is 5.11 Å². The average molecular weight is 207 g/mol. The number of rotatable bonds is 3. The van der Waals surface area contributed by atoms with Gasteiger partial charge in [0, 0.05) is 5.56 Å². The first kappa shape index (κ1) is 10.0. The second-order valence-corrected chi connectivity index (χ2v) is 3.70. The summed E-state index contributed by atoms with van der Waals surface area (Å²) in [6.45, 7) is -0.347. The van der Waals surface area contributed by atoms with Crippen molar-refractivity contribution < 1.29 is 14.3 Å². The van der Waals surface area contributed by atoms with Crippen molar-refractivity contribution in [3.05, 3.63) is 35.1 Å². The second-order valence-electron chi connectivity index (χ2n) is 3.70. The zero-order valence-electron chi connectivity index (χ0n) is 8.03. The Morgan fingerprint density at radius 3 is 2.80 bits per heavy atom. The minimum absolute atomic E-state index is 0.236. The Hall–Kier alpha value is -1.51. The van der Waals surface area contributed by atoms with Crippen molar-refractivity contribution in [1.82, 2.24) is 0 Å². The van der Waals surface area contributed by atoms with Gasteiger partial charge in [0.25, 0.3) is 0 Å². The summed E-state index contributed by atoms with van der Waals surface area (Å²) in [5.74, 6) is -0.438. The fourth-order valence-electron chi connectivity index (χ4n) is 1.66. The van der Waals surface area contributed by atoms with Gasteiger partial charge in [-0.05, 0) is 30.5 Å². The summed E-state index contributed by atoms with van der Waals surface area (Å²) in [4.78, 5) is 14.0. The first-order chi connectivity index (χ1) is 7.22. The van der Waals surface area contributed by atoms with Crippen LogP contribution in [0, 0.1) is 5.82 Å². The van der Waals surface area contributed by atoms with Gasteiger partial charge >= 0.3 is 0 Å². The molecule has 0 saturated heterocycles. The molecular weight excluding hydrogens is 197 g/mol. The molecule has 1 saturated carbocycles. The van der Waals surface area contributed by atoms with E-state index in [0.29, 0.717) is 0 Å². The molecule has 15 heavy (non-hydrogen) atoms. The first-order valence-corrected chi connectivity index (χ1v) is 4.71. The van der Waals surface area contributed by atoms with Crippen molar-refractivity contribution >= 4 is 6.08 Å². The molecule has 0 heterocycles. The van der Waals surface area contributed by atoms with Gasteiger partial charge in [-0.15, -0.1) is 0 Å². The number of halogens is 1. The topological polar surface area (TPSA) is 49.7 Å². The minimum Gasteiger partial charge on any atom is -0.392 e. The lowest BCUT2D eigenvalue weighted by atomic mass is 10.0. The maximum Gasteiger partial charge on any atom is 0.235 e. The fourth-order valence-corrected chi connectivity index (χ4v) is 1.66. The van der Waals surface area contributed by atoms with Crippen LogP contribution in [0.2, 0.25) is 0 Å². The molecule has 1 fully saturated rings. The molecule has 0 spiro atoms. The van der Waals surface area contributed by atoms with Crippen LogP contribution in [0.1, 0.15) is 24.0 Å². The molecule has 78 valence electrons. The van der Waals surface area contributed by atoms with Gasteiger partial charge in [-0.2, -0.15) is 4.99 Å². The van der Waals surface area contributed by atoms with E-state index in [2.05, 4.69) is 4.99 Å². The Labute approximate surface area is 86.3 Å². The molecule has 1 aromatic rings. The van der Waals surface area contributed by atoms with Gasteiger partial charge in [-0.25, -0.2) is 9.18 Å². The summed E-state index contributed by atoms with van der Waals surface area (Å²) < 4.78 is 13.1. The lowest BCUT2D eigenvalue weighted by Crippen LogP contribution is -2.04. The maximum atomic E-state index is 13.1. The van der Waals surface area contributed by atoms with Crippen LogP contribution in [0.3, 0.4) is 0 Å². The van der Waals surface area contributed by atoms with Crippen LogP contribution in [-0.4, -0.2) is 11.2 Å². The lowest BCUT2D eigenvalue weighted by molar-refractivity contribution is 0.275. The molecule has 1 N–H and O–H groups in total. The summed E-state index contributed by atoms with van der Waals surface area (Å²) in [7, 11) is 0. The van der Waals surface area contributed by atoms with Gasteiger partial charge in [0.1, 0.15) is 5.82 Å². The van der Waals surface area contributed by atoms with Crippen molar-refractivity contribution in [2.24, 2.45) is 4.99 Å². The predicted molar refractivity (Wildman–Crippen MR) is 51.4 cm³/mol. The zero-order chi connectivity index (χ0) is 10.9. The minimum atomic E-state index is -0.501. The van der Waals surface area contributed by atoms with E-state index in [1.807, 2.05) is 0 Å². The molecule has 1 aliphatic rings. The van der Waals surface area contributed by atoms with Gasteiger partial charge in [0.2, 0.25) is 6.08 Å². The number of aliphatic imine (C=N–C) groups is 1. The fraction of sp³-hybridized carbons (Fsp3) is 0.364. The van der Waals surface area contributed by atoms with Crippen LogP contribution >= 0.6 is 0 Å². The number of carbonyl (C=O) groups excluding carboxylic acids is 1. The highest BCUT2D eigenvalue weighted by molar-refractivity contribution is 5.42. The Bertz CT molecular complexity index is 434. The predicted octanol–water partition coefficient (Wildman–Crippen LogP) is 1.64. The molecule has 0 amide bonds. The molecule has 0 bridgehead atoms. The van der Waals surface area contributed by atoms with Crippen molar-refractivity contribution in [2.75, 3.05) is 0 Å². The number of hydrogen-bond acceptors (Lipinski definition) is 3. The van der Waals surface area contributed by atoms with E-state index in [1.165, 1.54) is 12.1 Å². The Kier molecular flexibility index (Phi) is 2.39. The summed E-state index contributed by atoms with van der Waals surface area (Å²) >= 11 is 0. The van der Waals surface area contributed by atoms with Crippen molar-refractivity contribution in [3.8, 4) is 0 Å². The SMILES string of the molecule is O=C=NC1(c2ccc(F)c(CO)c2)CC1. The summed E-state index contributed by atoms with van der Waals surface area (Å²) in [5.41, 5.74) is 0.510. The number of aliphatic hydroxyl groups excluding tert-OH is 1. The van der Waals surface area contributed by atoms with Crippen molar-refractivity contribution in [3.63, 3.8) is 0 Å². The highest BCUT2D eigenvalue weighted by atomic mass is 19.1. The van der Waals surface area contributed by atoms with Gasteiger partial charge in [-0.1, -0.05) is 6.07 Å². The second kappa shape index (κ2) is 3.57. The lowest BCUT2D eigenvalue weighted by Gasteiger charge is -2.09. The third-order valence-corrected chi connectivity index (χ3v) is 2.74. The van der Waals surface area contributed by atoms with Crippen LogP contribution < -0.4 is 0 Å². The molecule has 3 nitrogen and oxygen atoms in total. The zero-order valence-corrected chi connectivity index (χ0v) is 8.03. The van der Waals surface area contributed by atoms with E-state index < -0.39 is 11.4 Å². The number of nitrogens with zero attached hydrogens (tertiary/aromatic N) is 1. The largest absolute Gasteiger partial charge is 0.392 e. The molecule has 0 atom stereocenters. The third-order valence-electron chi connectivity index (χ3n) is 2.74. The number of benzene rings is 1. The number of isocyanates is 1. The average Bonchev–Trinajstić information content (AvgIpc) is 3.00. The molecule has 1 aliphatic carbocycles. The molecule has 0 radical (unpaired) electrons. The van der Waals surface area contributed by atoms with Gasteiger partial charge in [0.05, 0.1) is 12.1 Å².